The molecular formula is C21H25NO13. The molecule has 0 aliphatic carbocycles. The molecule has 1 fully saturated rings. The van der Waals surface area contributed by atoms with Crippen LogP contribution in [0.2, 0.25) is 0 Å². The highest BCUT2D eigenvalue weighted by molar-refractivity contribution is 5.68. The Morgan fingerprint density at radius 3 is 2.03 bits per heavy atom. The first-order chi connectivity index (χ1) is 16.4. The van der Waals surface area contributed by atoms with E-state index in [0.717, 1.165) is 33.8 Å². The van der Waals surface area contributed by atoms with E-state index in [2.05, 4.69) is 0 Å². The van der Waals surface area contributed by atoms with Crippen LogP contribution >= 0.6 is 0 Å². The van der Waals surface area contributed by atoms with Crippen LogP contribution in [0.5, 0.6) is 5.75 Å². The van der Waals surface area contributed by atoms with Crippen molar-refractivity contribution in [3.63, 3.8) is 0 Å². The summed E-state index contributed by atoms with van der Waals surface area (Å²) in [6, 6.07) is 3.62. The lowest BCUT2D eigenvalue weighted by Crippen LogP contribution is -2.63. The van der Waals surface area contributed by atoms with E-state index in [-0.39, 0.29) is 11.3 Å². The van der Waals surface area contributed by atoms with E-state index in [4.69, 9.17) is 28.4 Å². The summed E-state index contributed by atoms with van der Waals surface area (Å²) in [6.45, 7) is 3.34. The van der Waals surface area contributed by atoms with Gasteiger partial charge in [-0.2, -0.15) is 0 Å². The first kappa shape index (κ1) is 27.5. The second kappa shape index (κ2) is 12.1. The van der Waals surface area contributed by atoms with Gasteiger partial charge in [-0.15, -0.1) is 0 Å². The second-order valence-corrected chi connectivity index (χ2v) is 7.40. The van der Waals surface area contributed by atoms with Crippen molar-refractivity contribution in [3.8, 4) is 5.75 Å². The van der Waals surface area contributed by atoms with Crippen molar-refractivity contribution in [2.24, 2.45) is 0 Å². The molecule has 1 heterocycles. The molecule has 0 bridgehead atoms. The predicted octanol–water partition coefficient (Wildman–Crippen LogP) is 0.549. The van der Waals surface area contributed by atoms with E-state index >= 15 is 0 Å². The maximum absolute atomic E-state index is 11.8. The Morgan fingerprint density at radius 2 is 1.51 bits per heavy atom. The Kier molecular flexibility index (Phi) is 9.48. The van der Waals surface area contributed by atoms with Crippen molar-refractivity contribution in [2.45, 2.75) is 65.0 Å². The number of ether oxygens (including phenoxy) is 6. The van der Waals surface area contributed by atoms with Crippen molar-refractivity contribution in [3.05, 3.63) is 33.9 Å². The number of hydrogen-bond donors (Lipinski definition) is 1. The van der Waals surface area contributed by atoms with E-state index in [1.54, 1.807) is 0 Å². The minimum atomic E-state index is -1.63. The molecular weight excluding hydrogens is 474 g/mol. The molecule has 0 radical (unpaired) electrons. The van der Waals surface area contributed by atoms with E-state index < -0.39 is 78.4 Å². The van der Waals surface area contributed by atoms with Gasteiger partial charge in [-0.3, -0.25) is 29.3 Å². The Morgan fingerprint density at radius 1 is 0.943 bits per heavy atom. The number of carbonyl (C=O) groups is 4. The summed E-state index contributed by atoms with van der Waals surface area (Å²) < 4.78 is 32.1. The average Bonchev–Trinajstić information content (AvgIpc) is 2.75. The van der Waals surface area contributed by atoms with E-state index in [1.165, 1.54) is 12.1 Å². The molecule has 2 rings (SSSR count). The summed E-state index contributed by atoms with van der Waals surface area (Å²) in [5.74, 6) is -3.52. The van der Waals surface area contributed by atoms with Gasteiger partial charge in [0.05, 0.1) is 11.5 Å². The quantitative estimate of drug-likeness (QED) is 0.215. The topological polar surface area (TPSA) is 187 Å². The molecule has 5 atom stereocenters. The highest BCUT2D eigenvalue weighted by Gasteiger charge is 2.53. The van der Waals surface area contributed by atoms with Crippen LogP contribution < -0.4 is 4.74 Å². The van der Waals surface area contributed by atoms with Gasteiger partial charge in [-0.05, 0) is 11.6 Å². The van der Waals surface area contributed by atoms with Crippen LogP contribution in [0, 0.1) is 10.1 Å². The van der Waals surface area contributed by atoms with E-state index in [9.17, 15) is 34.4 Å². The molecule has 0 amide bonds. The molecule has 0 unspecified atom stereocenters. The Bertz CT molecular complexity index is 978. The van der Waals surface area contributed by atoms with Gasteiger partial charge >= 0.3 is 29.6 Å². The average molecular weight is 499 g/mol. The fourth-order valence-corrected chi connectivity index (χ4v) is 3.31. The summed E-state index contributed by atoms with van der Waals surface area (Å²) >= 11 is 0. The molecule has 192 valence electrons. The normalized spacial score (nSPS) is 23.5. The summed E-state index contributed by atoms with van der Waals surface area (Å²) in [5, 5.41) is 20.8. The monoisotopic (exact) mass is 499 g/mol. The summed E-state index contributed by atoms with van der Waals surface area (Å²) in [6.07, 6.45) is -7.34. The molecule has 14 nitrogen and oxygen atoms in total. The van der Waals surface area contributed by atoms with E-state index in [1.807, 2.05) is 0 Å². The predicted molar refractivity (Wildman–Crippen MR) is 112 cm³/mol. The van der Waals surface area contributed by atoms with Gasteiger partial charge in [-0.1, -0.05) is 6.07 Å². The molecule has 35 heavy (non-hydrogen) atoms. The van der Waals surface area contributed by atoms with Crippen LogP contribution in [0.25, 0.3) is 0 Å². The van der Waals surface area contributed by atoms with Crippen molar-refractivity contribution in [2.75, 3.05) is 6.61 Å². The van der Waals surface area contributed by atoms with Crippen molar-refractivity contribution in [1.82, 2.24) is 0 Å². The lowest BCUT2D eigenvalue weighted by atomic mass is 9.98. The fourth-order valence-electron chi connectivity index (χ4n) is 3.31. The number of aliphatic hydroxyl groups excluding tert-OH is 1. The molecule has 1 aliphatic heterocycles. The Hall–Kier alpha value is -3.78. The van der Waals surface area contributed by atoms with Gasteiger partial charge in [0.1, 0.15) is 12.7 Å². The van der Waals surface area contributed by atoms with Crippen LogP contribution in [-0.2, 0) is 49.5 Å². The summed E-state index contributed by atoms with van der Waals surface area (Å²) in [7, 11) is 0. The maximum Gasteiger partial charge on any atom is 0.311 e. The van der Waals surface area contributed by atoms with Gasteiger partial charge in [0.25, 0.3) is 0 Å². The molecule has 0 saturated carbocycles. The smallest absolute Gasteiger partial charge is 0.311 e. The molecule has 14 heteroatoms. The fraction of sp³-hybridized carbons (Fsp3) is 0.524. The zero-order chi connectivity index (χ0) is 26.3. The van der Waals surface area contributed by atoms with Crippen LogP contribution in [-0.4, -0.2) is 71.2 Å². The molecule has 0 spiro atoms. The highest BCUT2D eigenvalue weighted by atomic mass is 16.7. The maximum atomic E-state index is 11.8. The minimum Gasteiger partial charge on any atom is -0.463 e. The lowest BCUT2D eigenvalue weighted by molar-refractivity contribution is -0.387. The van der Waals surface area contributed by atoms with Crippen LogP contribution in [0.4, 0.5) is 5.69 Å². The first-order valence-electron chi connectivity index (χ1n) is 10.3. The Balaban J connectivity index is 2.55. The third-order valence-corrected chi connectivity index (χ3v) is 4.59. The number of nitrogens with zero attached hydrogens (tertiary/aromatic N) is 1. The summed E-state index contributed by atoms with van der Waals surface area (Å²) in [4.78, 5) is 57.6. The molecule has 1 saturated heterocycles. The zero-order valence-electron chi connectivity index (χ0n) is 19.3. The summed E-state index contributed by atoms with van der Waals surface area (Å²) in [5.41, 5.74) is -0.310. The largest absolute Gasteiger partial charge is 0.463 e. The van der Waals surface area contributed by atoms with Gasteiger partial charge in [0.15, 0.2) is 18.0 Å². The van der Waals surface area contributed by atoms with Gasteiger partial charge in [0.2, 0.25) is 12.4 Å². The number of aliphatic hydroxyl groups is 1. The lowest BCUT2D eigenvalue weighted by Gasteiger charge is -2.43. The van der Waals surface area contributed by atoms with Crippen LogP contribution in [0.3, 0.4) is 0 Å². The van der Waals surface area contributed by atoms with Gasteiger partial charge in [-0.25, -0.2) is 0 Å². The molecule has 0 aromatic heterocycles. The number of nitro benzene ring substituents is 1. The van der Waals surface area contributed by atoms with Crippen molar-refractivity contribution in [1.29, 1.82) is 0 Å². The molecule has 1 aromatic rings. The highest BCUT2D eigenvalue weighted by Crippen LogP contribution is 2.34. The molecule has 1 aliphatic rings. The standard InChI is InChI=1S/C21H25NO13/c1-10(24)30-9-17-18(31-11(2)25)19(32-12(3)26)20(33-13(4)27)21(35-17)34-16-6-5-14(8-23)7-15(16)22(28)29/h5-7,17-21,23H,8-9H2,1-4H3/t17-,18-,19+,20+,21+/m1/s1. The first-order valence-corrected chi connectivity index (χ1v) is 10.3. The number of hydrogen-bond acceptors (Lipinski definition) is 13. The minimum absolute atomic E-state index is 0.227. The zero-order valence-corrected chi connectivity index (χ0v) is 19.3. The number of nitro groups is 1. The van der Waals surface area contributed by atoms with Crippen LogP contribution in [0.15, 0.2) is 18.2 Å². The van der Waals surface area contributed by atoms with Crippen LogP contribution in [0.1, 0.15) is 33.3 Å². The van der Waals surface area contributed by atoms with Crippen molar-refractivity contribution >= 4 is 29.6 Å². The van der Waals surface area contributed by atoms with E-state index in [0.29, 0.717) is 0 Å². The third-order valence-electron chi connectivity index (χ3n) is 4.59. The van der Waals surface area contributed by atoms with Gasteiger partial charge in [0, 0.05) is 33.8 Å². The molecule has 1 N–H and O–H groups in total. The number of esters is 4. The second-order valence-electron chi connectivity index (χ2n) is 7.40. The number of rotatable bonds is 9. The third kappa shape index (κ3) is 7.61. The van der Waals surface area contributed by atoms with Crippen molar-refractivity contribution < 1.29 is 57.6 Å². The number of benzene rings is 1. The van der Waals surface area contributed by atoms with Gasteiger partial charge < -0.3 is 33.5 Å². The SMILES string of the molecule is CC(=O)OC[C@H]1O[C@H](Oc2ccc(CO)cc2[N+](=O)[O-])[C@@H](OC(C)=O)[C@@H](OC(C)=O)[C@@H]1OC(C)=O. The molecule has 1 aromatic carbocycles. The Labute approximate surface area is 199 Å². The number of carbonyl (C=O) groups excluding carboxylic acids is 4.